The first kappa shape index (κ1) is 18.7. The van der Waals surface area contributed by atoms with E-state index in [4.69, 9.17) is 25.8 Å². The molecular weight excluding hydrogens is 368 g/mol. The van der Waals surface area contributed by atoms with E-state index >= 15 is 0 Å². The third kappa shape index (κ3) is 4.38. The van der Waals surface area contributed by atoms with Gasteiger partial charge in [-0.05, 0) is 35.9 Å². The summed E-state index contributed by atoms with van der Waals surface area (Å²) in [6, 6.07) is 11.3. The molecule has 0 fully saturated rings. The fourth-order valence-electron chi connectivity index (χ4n) is 2.67. The van der Waals surface area contributed by atoms with Crippen molar-refractivity contribution in [2.45, 2.75) is 6.54 Å². The Morgan fingerprint density at radius 2 is 1.78 bits per heavy atom. The summed E-state index contributed by atoms with van der Waals surface area (Å²) in [5.74, 6) is 2.53. The first-order chi connectivity index (χ1) is 13.1. The summed E-state index contributed by atoms with van der Waals surface area (Å²) >= 11 is 6.03. The first-order valence-corrected chi connectivity index (χ1v) is 8.61. The minimum Gasteiger partial charge on any atom is -0.493 e. The van der Waals surface area contributed by atoms with Gasteiger partial charge in [-0.2, -0.15) is 5.10 Å². The molecule has 0 aliphatic heterocycles. The number of nitrogens with zero attached hydrogens (tertiary/aromatic N) is 1. The SMILES string of the molecule is COc1cc(CNc2[nH]ncc2Nc2cccc(Cl)c2)cc(OC)c1OC. The number of hydrogen-bond acceptors (Lipinski definition) is 6. The minimum absolute atomic E-state index is 0.531. The van der Waals surface area contributed by atoms with Crippen LogP contribution in [0, 0.1) is 0 Å². The van der Waals surface area contributed by atoms with E-state index in [0.717, 1.165) is 22.8 Å². The Labute approximate surface area is 162 Å². The normalized spacial score (nSPS) is 10.4. The molecular formula is C19H21ClN4O3. The molecule has 0 saturated heterocycles. The molecule has 0 radical (unpaired) electrons. The van der Waals surface area contributed by atoms with E-state index < -0.39 is 0 Å². The van der Waals surface area contributed by atoms with Gasteiger partial charge in [0.05, 0.1) is 27.5 Å². The Balaban J connectivity index is 1.75. The number of aromatic nitrogens is 2. The zero-order valence-corrected chi connectivity index (χ0v) is 16.1. The highest BCUT2D eigenvalue weighted by atomic mass is 35.5. The lowest BCUT2D eigenvalue weighted by molar-refractivity contribution is 0.324. The second-order valence-corrected chi connectivity index (χ2v) is 6.12. The van der Waals surface area contributed by atoms with Crippen molar-refractivity contribution >= 4 is 28.8 Å². The molecule has 0 amide bonds. The van der Waals surface area contributed by atoms with Gasteiger partial charge in [0, 0.05) is 17.3 Å². The molecule has 7 nitrogen and oxygen atoms in total. The number of rotatable bonds is 8. The highest BCUT2D eigenvalue weighted by molar-refractivity contribution is 6.30. The van der Waals surface area contributed by atoms with E-state index in [0.29, 0.717) is 28.8 Å². The van der Waals surface area contributed by atoms with Crippen molar-refractivity contribution in [3.05, 3.63) is 53.2 Å². The smallest absolute Gasteiger partial charge is 0.203 e. The van der Waals surface area contributed by atoms with Crippen LogP contribution in [-0.2, 0) is 6.54 Å². The molecule has 3 N–H and O–H groups in total. The van der Waals surface area contributed by atoms with Crippen LogP contribution in [0.1, 0.15) is 5.56 Å². The van der Waals surface area contributed by atoms with Gasteiger partial charge in [0.15, 0.2) is 11.5 Å². The maximum Gasteiger partial charge on any atom is 0.203 e. The van der Waals surface area contributed by atoms with Crippen LogP contribution >= 0.6 is 11.6 Å². The van der Waals surface area contributed by atoms with Gasteiger partial charge in [-0.25, -0.2) is 0 Å². The van der Waals surface area contributed by atoms with Gasteiger partial charge in [-0.1, -0.05) is 17.7 Å². The lowest BCUT2D eigenvalue weighted by Crippen LogP contribution is -2.04. The fraction of sp³-hybridized carbons (Fsp3) is 0.211. The second-order valence-electron chi connectivity index (χ2n) is 5.68. The van der Waals surface area contributed by atoms with Crippen molar-refractivity contribution < 1.29 is 14.2 Å². The van der Waals surface area contributed by atoms with E-state index in [9.17, 15) is 0 Å². The highest BCUT2D eigenvalue weighted by Crippen LogP contribution is 2.38. The summed E-state index contributed by atoms with van der Waals surface area (Å²) in [5.41, 5.74) is 2.65. The molecule has 0 spiro atoms. The molecule has 1 heterocycles. The van der Waals surface area contributed by atoms with Crippen LogP contribution in [-0.4, -0.2) is 31.5 Å². The van der Waals surface area contributed by atoms with Crippen LogP contribution in [0.5, 0.6) is 17.2 Å². The van der Waals surface area contributed by atoms with Crippen LogP contribution in [0.4, 0.5) is 17.2 Å². The Kier molecular flexibility index (Phi) is 5.93. The molecule has 3 aromatic rings. The quantitative estimate of drug-likeness (QED) is 0.529. The van der Waals surface area contributed by atoms with E-state index in [2.05, 4.69) is 20.8 Å². The predicted octanol–water partition coefficient (Wildman–Crippen LogP) is 4.44. The van der Waals surface area contributed by atoms with Crippen molar-refractivity contribution in [3.8, 4) is 17.2 Å². The van der Waals surface area contributed by atoms with Crippen LogP contribution in [0.15, 0.2) is 42.6 Å². The maximum atomic E-state index is 6.03. The number of hydrogen-bond donors (Lipinski definition) is 3. The molecule has 0 saturated carbocycles. The van der Waals surface area contributed by atoms with Gasteiger partial charge in [0.25, 0.3) is 0 Å². The molecule has 2 aromatic carbocycles. The van der Waals surface area contributed by atoms with Crippen molar-refractivity contribution in [2.75, 3.05) is 32.0 Å². The van der Waals surface area contributed by atoms with E-state index in [1.165, 1.54) is 0 Å². The molecule has 142 valence electrons. The number of nitrogens with one attached hydrogen (secondary N) is 3. The average Bonchev–Trinajstić information content (AvgIpc) is 3.12. The van der Waals surface area contributed by atoms with Crippen LogP contribution in [0.25, 0.3) is 0 Å². The zero-order chi connectivity index (χ0) is 19.2. The van der Waals surface area contributed by atoms with Crippen molar-refractivity contribution in [1.82, 2.24) is 10.2 Å². The summed E-state index contributed by atoms with van der Waals surface area (Å²) in [6.07, 6.45) is 1.71. The zero-order valence-electron chi connectivity index (χ0n) is 15.3. The number of halogens is 1. The Bertz CT molecular complexity index is 888. The highest BCUT2D eigenvalue weighted by Gasteiger charge is 2.13. The summed E-state index contributed by atoms with van der Waals surface area (Å²) in [6.45, 7) is 0.531. The topological polar surface area (TPSA) is 80.4 Å². The maximum absolute atomic E-state index is 6.03. The van der Waals surface area contributed by atoms with Gasteiger partial charge < -0.3 is 24.8 Å². The molecule has 1 aromatic heterocycles. The molecule has 27 heavy (non-hydrogen) atoms. The molecule has 0 aliphatic rings. The molecule has 0 aliphatic carbocycles. The Hall–Kier alpha value is -3.06. The lowest BCUT2D eigenvalue weighted by atomic mass is 10.1. The number of benzene rings is 2. The molecule has 0 atom stereocenters. The van der Waals surface area contributed by atoms with Crippen molar-refractivity contribution in [2.24, 2.45) is 0 Å². The lowest BCUT2D eigenvalue weighted by Gasteiger charge is -2.15. The standard InChI is InChI=1S/C19H21ClN4O3/c1-25-16-7-12(8-17(26-2)18(16)27-3)10-21-19-15(11-22-24-19)23-14-6-4-5-13(20)9-14/h4-9,11,23H,10H2,1-3H3,(H2,21,22,24). The van der Waals surface area contributed by atoms with Crippen molar-refractivity contribution in [3.63, 3.8) is 0 Å². The fourth-order valence-corrected chi connectivity index (χ4v) is 2.86. The second kappa shape index (κ2) is 8.55. The van der Waals surface area contributed by atoms with Gasteiger partial charge in [0.2, 0.25) is 5.75 Å². The van der Waals surface area contributed by atoms with Gasteiger partial charge in [-0.15, -0.1) is 0 Å². The van der Waals surface area contributed by atoms with E-state index in [-0.39, 0.29) is 0 Å². The van der Waals surface area contributed by atoms with Gasteiger partial charge in [0.1, 0.15) is 11.5 Å². The number of aromatic amines is 1. The summed E-state index contributed by atoms with van der Waals surface area (Å²) < 4.78 is 16.1. The first-order valence-electron chi connectivity index (χ1n) is 8.23. The molecule has 0 unspecified atom stereocenters. The Morgan fingerprint density at radius 1 is 1.04 bits per heavy atom. The van der Waals surface area contributed by atoms with Crippen LogP contribution in [0.3, 0.4) is 0 Å². The molecule has 0 bridgehead atoms. The Morgan fingerprint density at radius 3 is 2.41 bits per heavy atom. The van der Waals surface area contributed by atoms with Gasteiger partial charge >= 0.3 is 0 Å². The van der Waals surface area contributed by atoms with Crippen molar-refractivity contribution in [1.29, 1.82) is 0 Å². The number of anilines is 3. The number of ether oxygens (including phenoxy) is 3. The molecule has 8 heteroatoms. The summed E-state index contributed by atoms with van der Waals surface area (Å²) in [7, 11) is 4.77. The largest absolute Gasteiger partial charge is 0.493 e. The predicted molar refractivity (Wildman–Crippen MR) is 107 cm³/mol. The number of H-pyrrole nitrogens is 1. The van der Waals surface area contributed by atoms with Gasteiger partial charge in [-0.3, -0.25) is 5.10 Å². The average molecular weight is 389 g/mol. The minimum atomic E-state index is 0.531. The third-order valence-electron chi connectivity index (χ3n) is 3.94. The molecule has 3 rings (SSSR count). The van der Waals surface area contributed by atoms with E-state index in [1.807, 2.05) is 36.4 Å². The van der Waals surface area contributed by atoms with E-state index in [1.54, 1.807) is 27.5 Å². The summed E-state index contributed by atoms with van der Waals surface area (Å²) in [4.78, 5) is 0. The monoisotopic (exact) mass is 388 g/mol. The summed E-state index contributed by atoms with van der Waals surface area (Å²) in [5, 5.41) is 14.3. The third-order valence-corrected chi connectivity index (χ3v) is 4.17. The van der Waals surface area contributed by atoms with Crippen LogP contribution in [0.2, 0.25) is 5.02 Å². The number of methoxy groups -OCH3 is 3. The van der Waals surface area contributed by atoms with Crippen LogP contribution < -0.4 is 24.8 Å².